The van der Waals surface area contributed by atoms with Crippen LogP contribution in [0.4, 0.5) is 4.39 Å². The Labute approximate surface area is 163 Å². The Morgan fingerprint density at radius 2 is 1.56 bits per heavy atom. The lowest BCUT2D eigenvalue weighted by Gasteiger charge is -2.14. The van der Waals surface area contributed by atoms with E-state index in [4.69, 9.17) is 21.1 Å². The fraction of sp³-hybridized carbons (Fsp3) is 0.182. The molecule has 27 heavy (non-hydrogen) atoms. The lowest BCUT2D eigenvalue weighted by atomic mass is 10.1. The molecule has 1 N–H and O–H groups in total. The Kier molecular flexibility index (Phi) is 6.69. The molecule has 0 fully saturated rings. The van der Waals surface area contributed by atoms with Crippen LogP contribution in [0.2, 0.25) is 5.02 Å². The molecule has 140 valence electrons. The van der Waals surface area contributed by atoms with Gasteiger partial charge in [-0.3, -0.25) is 0 Å². The number of nitrogens with one attached hydrogen (secondary N) is 1. The zero-order valence-corrected chi connectivity index (χ0v) is 15.8. The summed E-state index contributed by atoms with van der Waals surface area (Å²) in [5.41, 5.74) is 2.49. The minimum atomic E-state index is -0.276. The molecule has 5 heteroatoms. The first-order chi connectivity index (χ1) is 13.2. The lowest BCUT2D eigenvalue weighted by Crippen LogP contribution is -2.14. The molecular formula is C22H21ClFNO2. The predicted molar refractivity (Wildman–Crippen MR) is 106 cm³/mol. The van der Waals surface area contributed by atoms with Crippen LogP contribution in [0.25, 0.3) is 0 Å². The van der Waals surface area contributed by atoms with Crippen LogP contribution in [0.5, 0.6) is 11.5 Å². The Balaban J connectivity index is 1.66. The van der Waals surface area contributed by atoms with Gasteiger partial charge in [-0.1, -0.05) is 48.0 Å². The third kappa shape index (κ3) is 5.22. The summed E-state index contributed by atoms with van der Waals surface area (Å²) in [5, 5.41) is 4.00. The van der Waals surface area contributed by atoms with Crippen LogP contribution in [-0.4, -0.2) is 7.11 Å². The van der Waals surface area contributed by atoms with Crippen molar-refractivity contribution in [3.8, 4) is 11.5 Å². The maximum absolute atomic E-state index is 13.8. The number of methoxy groups -OCH3 is 1. The van der Waals surface area contributed by atoms with Gasteiger partial charge in [-0.05, 0) is 30.3 Å². The predicted octanol–water partition coefficient (Wildman–Crippen LogP) is 5.36. The highest BCUT2D eigenvalue weighted by Gasteiger charge is 2.08. The number of rotatable bonds is 8. The summed E-state index contributed by atoms with van der Waals surface area (Å²) in [7, 11) is 1.66. The van der Waals surface area contributed by atoms with Crippen LogP contribution in [0.3, 0.4) is 0 Å². The third-order valence-electron chi connectivity index (χ3n) is 4.19. The van der Waals surface area contributed by atoms with E-state index in [1.54, 1.807) is 31.4 Å². The van der Waals surface area contributed by atoms with Crippen molar-refractivity contribution in [1.82, 2.24) is 5.32 Å². The van der Waals surface area contributed by atoms with E-state index in [0.717, 1.165) is 16.9 Å². The molecule has 0 saturated carbocycles. The number of hydrogen-bond acceptors (Lipinski definition) is 3. The van der Waals surface area contributed by atoms with E-state index >= 15 is 0 Å². The van der Waals surface area contributed by atoms with Crippen molar-refractivity contribution >= 4 is 11.6 Å². The quantitative estimate of drug-likeness (QED) is 0.566. The summed E-state index contributed by atoms with van der Waals surface area (Å²) in [6, 6.07) is 19.9. The molecule has 3 aromatic carbocycles. The van der Waals surface area contributed by atoms with E-state index in [1.165, 1.54) is 6.07 Å². The SMILES string of the molecule is COc1ccccc1CNCc1cc(Cl)ccc1OCc1ccccc1F. The van der Waals surface area contributed by atoms with Gasteiger partial charge in [-0.15, -0.1) is 0 Å². The van der Waals surface area contributed by atoms with Crippen molar-refractivity contribution in [2.75, 3.05) is 7.11 Å². The van der Waals surface area contributed by atoms with Crippen molar-refractivity contribution in [2.24, 2.45) is 0 Å². The highest BCUT2D eigenvalue weighted by molar-refractivity contribution is 6.30. The van der Waals surface area contributed by atoms with Crippen molar-refractivity contribution in [3.05, 3.63) is 94.3 Å². The molecule has 0 radical (unpaired) electrons. The van der Waals surface area contributed by atoms with Crippen LogP contribution >= 0.6 is 11.6 Å². The molecule has 0 atom stereocenters. The molecule has 0 heterocycles. The van der Waals surface area contributed by atoms with Crippen LogP contribution < -0.4 is 14.8 Å². The molecule has 0 saturated heterocycles. The van der Waals surface area contributed by atoms with Gasteiger partial charge in [-0.2, -0.15) is 0 Å². The maximum atomic E-state index is 13.8. The van der Waals surface area contributed by atoms with Gasteiger partial charge in [-0.25, -0.2) is 4.39 Å². The van der Waals surface area contributed by atoms with Gasteiger partial charge in [0.15, 0.2) is 0 Å². The summed E-state index contributed by atoms with van der Waals surface area (Å²) < 4.78 is 25.0. The molecule has 3 nitrogen and oxygen atoms in total. The van der Waals surface area contributed by atoms with Crippen molar-refractivity contribution < 1.29 is 13.9 Å². The molecule has 0 amide bonds. The fourth-order valence-corrected chi connectivity index (χ4v) is 2.97. The molecular weight excluding hydrogens is 365 g/mol. The lowest BCUT2D eigenvalue weighted by molar-refractivity contribution is 0.296. The van der Waals surface area contributed by atoms with Crippen molar-refractivity contribution in [2.45, 2.75) is 19.7 Å². The van der Waals surface area contributed by atoms with Crippen LogP contribution in [0, 0.1) is 5.82 Å². The zero-order valence-electron chi connectivity index (χ0n) is 15.0. The van der Waals surface area contributed by atoms with Crippen molar-refractivity contribution in [1.29, 1.82) is 0 Å². The van der Waals surface area contributed by atoms with Crippen molar-refractivity contribution in [3.63, 3.8) is 0 Å². The molecule has 0 unspecified atom stereocenters. The first-order valence-electron chi connectivity index (χ1n) is 8.64. The van der Waals surface area contributed by atoms with Gasteiger partial charge in [0.2, 0.25) is 0 Å². The highest BCUT2D eigenvalue weighted by atomic mass is 35.5. The fourth-order valence-electron chi connectivity index (χ4n) is 2.78. The summed E-state index contributed by atoms with van der Waals surface area (Å²) in [4.78, 5) is 0. The van der Waals surface area contributed by atoms with E-state index in [2.05, 4.69) is 5.32 Å². The van der Waals surface area contributed by atoms with E-state index in [0.29, 0.717) is 29.4 Å². The number of para-hydroxylation sites is 1. The maximum Gasteiger partial charge on any atom is 0.129 e. The largest absolute Gasteiger partial charge is 0.496 e. The van der Waals surface area contributed by atoms with E-state index in [1.807, 2.05) is 36.4 Å². The van der Waals surface area contributed by atoms with Gasteiger partial charge in [0.1, 0.15) is 23.9 Å². The number of benzene rings is 3. The second-order valence-corrected chi connectivity index (χ2v) is 6.48. The molecule has 0 spiro atoms. The Morgan fingerprint density at radius 1 is 0.852 bits per heavy atom. The highest BCUT2D eigenvalue weighted by Crippen LogP contribution is 2.25. The van der Waals surface area contributed by atoms with Crippen LogP contribution in [0.15, 0.2) is 66.7 Å². The van der Waals surface area contributed by atoms with Gasteiger partial charge in [0.25, 0.3) is 0 Å². The van der Waals surface area contributed by atoms with Crippen LogP contribution in [0.1, 0.15) is 16.7 Å². The third-order valence-corrected chi connectivity index (χ3v) is 4.42. The Morgan fingerprint density at radius 3 is 2.33 bits per heavy atom. The standard InChI is InChI=1S/C22H21ClFNO2/c1-26-21-9-5-3-6-16(21)13-25-14-18-12-19(23)10-11-22(18)27-15-17-7-2-4-8-20(17)24/h2-12,25H,13-15H2,1H3. The molecule has 3 aromatic rings. The molecule has 0 aliphatic heterocycles. The average Bonchev–Trinajstić information content (AvgIpc) is 2.69. The molecule has 3 rings (SSSR count). The summed E-state index contributed by atoms with van der Waals surface area (Å²) in [6.45, 7) is 1.36. The Hall–Kier alpha value is -2.56. The zero-order chi connectivity index (χ0) is 19.1. The van der Waals surface area contributed by atoms with E-state index in [9.17, 15) is 4.39 Å². The van der Waals surface area contributed by atoms with E-state index in [-0.39, 0.29) is 12.4 Å². The second-order valence-electron chi connectivity index (χ2n) is 6.05. The van der Waals surface area contributed by atoms with Gasteiger partial charge < -0.3 is 14.8 Å². The monoisotopic (exact) mass is 385 g/mol. The van der Waals surface area contributed by atoms with Crippen LogP contribution in [-0.2, 0) is 19.7 Å². The number of ether oxygens (including phenoxy) is 2. The first-order valence-corrected chi connectivity index (χ1v) is 9.02. The smallest absolute Gasteiger partial charge is 0.129 e. The van der Waals surface area contributed by atoms with Gasteiger partial charge in [0, 0.05) is 34.8 Å². The molecule has 0 bridgehead atoms. The Bertz CT molecular complexity index is 901. The van der Waals surface area contributed by atoms with Gasteiger partial charge >= 0.3 is 0 Å². The topological polar surface area (TPSA) is 30.5 Å². The van der Waals surface area contributed by atoms with E-state index < -0.39 is 0 Å². The number of halogens is 2. The normalized spacial score (nSPS) is 10.6. The minimum absolute atomic E-state index is 0.161. The first kappa shape index (κ1) is 19.2. The summed E-state index contributed by atoms with van der Waals surface area (Å²) in [6.07, 6.45) is 0. The summed E-state index contributed by atoms with van der Waals surface area (Å²) in [5.74, 6) is 1.24. The summed E-state index contributed by atoms with van der Waals surface area (Å²) >= 11 is 6.14. The molecule has 0 aliphatic carbocycles. The molecule has 0 aromatic heterocycles. The number of hydrogen-bond donors (Lipinski definition) is 1. The average molecular weight is 386 g/mol. The van der Waals surface area contributed by atoms with Gasteiger partial charge in [0.05, 0.1) is 7.11 Å². The minimum Gasteiger partial charge on any atom is -0.496 e. The second kappa shape index (κ2) is 9.40. The molecule has 0 aliphatic rings.